The lowest BCUT2D eigenvalue weighted by atomic mass is 10.2. The maximum absolute atomic E-state index is 5.90. The van der Waals surface area contributed by atoms with Gasteiger partial charge in [-0.15, -0.1) is 11.8 Å². The molecule has 0 radical (unpaired) electrons. The van der Waals surface area contributed by atoms with E-state index in [1.54, 1.807) is 11.8 Å². The zero-order valence-corrected chi connectivity index (χ0v) is 13.2. The van der Waals surface area contributed by atoms with Crippen LogP contribution in [0.1, 0.15) is 20.8 Å². The van der Waals surface area contributed by atoms with Crippen molar-refractivity contribution >= 4 is 20.1 Å². The van der Waals surface area contributed by atoms with E-state index >= 15 is 0 Å². The summed E-state index contributed by atoms with van der Waals surface area (Å²) in [5.74, 6) is 6.66. The fourth-order valence-corrected chi connectivity index (χ4v) is 1.83. The molecule has 0 spiro atoms. The molecule has 0 amide bonds. The highest BCUT2D eigenvalue weighted by Crippen LogP contribution is 2.36. The van der Waals surface area contributed by atoms with Gasteiger partial charge in [-0.2, -0.15) is 0 Å². The topological polar surface area (TPSA) is 18.5 Å². The van der Waals surface area contributed by atoms with Crippen LogP contribution in [0.2, 0.25) is 18.1 Å². The molecule has 0 aromatic heterocycles. The van der Waals surface area contributed by atoms with Gasteiger partial charge < -0.3 is 9.16 Å². The number of hydrogen-bond donors (Lipinski definition) is 0. The second kappa shape index (κ2) is 7.39. The molecule has 0 saturated heterocycles. The SMILES string of the molecule is CSCOCC#CCO[Si](C)(C)C(C)(C)C. The second-order valence-corrected chi connectivity index (χ2v) is 10.8. The maximum Gasteiger partial charge on any atom is 0.193 e. The minimum atomic E-state index is -1.63. The van der Waals surface area contributed by atoms with Crippen molar-refractivity contribution < 1.29 is 9.16 Å². The molecule has 94 valence electrons. The van der Waals surface area contributed by atoms with Gasteiger partial charge in [0, 0.05) is 0 Å². The summed E-state index contributed by atoms with van der Waals surface area (Å²) in [6.07, 6.45) is 2.01. The summed E-state index contributed by atoms with van der Waals surface area (Å²) in [4.78, 5) is 0. The molecular weight excluding hydrogens is 236 g/mol. The van der Waals surface area contributed by atoms with Crippen LogP contribution < -0.4 is 0 Å². The number of rotatable bonds is 5. The summed E-state index contributed by atoms with van der Waals surface area (Å²) in [6, 6.07) is 0. The number of ether oxygens (including phenoxy) is 1. The molecule has 16 heavy (non-hydrogen) atoms. The molecule has 0 rings (SSSR count). The first kappa shape index (κ1) is 16.0. The van der Waals surface area contributed by atoms with Crippen LogP contribution in [0.15, 0.2) is 0 Å². The van der Waals surface area contributed by atoms with E-state index in [1.165, 1.54) is 0 Å². The Hall–Kier alpha value is 0.0469. The molecule has 0 aliphatic rings. The van der Waals surface area contributed by atoms with Crippen molar-refractivity contribution in [3.8, 4) is 11.8 Å². The Morgan fingerprint density at radius 2 is 1.69 bits per heavy atom. The molecular formula is C12H24O2SSi. The van der Waals surface area contributed by atoms with E-state index in [0.29, 0.717) is 19.2 Å². The quantitative estimate of drug-likeness (QED) is 0.327. The van der Waals surface area contributed by atoms with Gasteiger partial charge in [0.05, 0.1) is 12.5 Å². The monoisotopic (exact) mass is 260 g/mol. The molecule has 0 aliphatic carbocycles. The van der Waals surface area contributed by atoms with E-state index in [2.05, 4.69) is 45.7 Å². The summed E-state index contributed by atoms with van der Waals surface area (Å²) < 4.78 is 11.1. The van der Waals surface area contributed by atoms with Gasteiger partial charge in [0.15, 0.2) is 8.32 Å². The van der Waals surface area contributed by atoms with Crippen molar-refractivity contribution in [2.24, 2.45) is 0 Å². The molecule has 0 aromatic rings. The van der Waals surface area contributed by atoms with E-state index in [4.69, 9.17) is 9.16 Å². The first-order chi connectivity index (χ1) is 7.31. The fraction of sp³-hybridized carbons (Fsp3) is 0.833. The Balaban J connectivity index is 3.81. The Kier molecular flexibility index (Phi) is 7.41. The first-order valence-corrected chi connectivity index (χ1v) is 9.78. The molecule has 0 atom stereocenters. The molecule has 0 bridgehead atoms. The van der Waals surface area contributed by atoms with E-state index in [1.807, 2.05) is 6.26 Å². The van der Waals surface area contributed by atoms with Crippen LogP contribution >= 0.6 is 11.8 Å². The normalized spacial score (nSPS) is 12.1. The van der Waals surface area contributed by atoms with Crippen molar-refractivity contribution in [1.82, 2.24) is 0 Å². The highest BCUT2D eigenvalue weighted by Gasteiger charge is 2.36. The van der Waals surface area contributed by atoms with Gasteiger partial charge in [0.1, 0.15) is 6.61 Å². The fourth-order valence-electron chi connectivity index (χ4n) is 0.711. The molecule has 0 aliphatic heterocycles. The third-order valence-corrected chi connectivity index (χ3v) is 7.69. The molecule has 0 aromatic carbocycles. The zero-order chi connectivity index (χ0) is 12.7. The molecule has 0 saturated carbocycles. The van der Waals surface area contributed by atoms with E-state index in [0.717, 1.165) is 0 Å². The highest BCUT2D eigenvalue weighted by atomic mass is 32.2. The highest BCUT2D eigenvalue weighted by molar-refractivity contribution is 7.98. The Morgan fingerprint density at radius 3 is 2.19 bits per heavy atom. The predicted molar refractivity (Wildman–Crippen MR) is 75.3 cm³/mol. The summed E-state index contributed by atoms with van der Waals surface area (Å²) in [5.41, 5.74) is 0. The van der Waals surface area contributed by atoms with E-state index < -0.39 is 8.32 Å². The molecule has 4 heteroatoms. The molecule has 0 fully saturated rings. The van der Waals surface area contributed by atoms with Gasteiger partial charge in [-0.3, -0.25) is 0 Å². The average molecular weight is 260 g/mol. The van der Waals surface area contributed by atoms with E-state index in [-0.39, 0.29) is 5.04 Å². The third kappa shape index (κ3) is 6.59. The van der Waals surface area contributed by atoms with Gasteiger partial charge in [-0.25, -0.2) is 0 Å². The van der Waals surface area contributed by atoms with Gasteiger partial charge in [-0.1, -0.05) is 32.6 Å². The van der Waals surface area contributed by atoms with Crippen molar-refractivity contribution in [3.63, 3.8) is 0 Å². The van der Waals surface area contributed by atoms with Crippen LogP contribution in [0, 0.1) is 11.8 Å². The zero-order valence-electron chi connectivity index (χ0n) is 11.3. The van der Waals surface area contributed by atoms with Crippen LogP contribution in [-0.2, 0) is 9.16 Å². The summed E-state index contributed by atoms with van der Waals surface area (Å²) >= 11 is 1.66. The van der Waals surface area contributed by atoms with Crippen LogP contribution in [0.4, 0.5) is 0 Å². The van der Waals surface area contributed by atoms with Crippen LogP contribution in [0.3, 0.4) is 0 Å². The smallest absolute Gasteiger partial charge is 0.193 e. The van der Waals surface area contributed by atoms with Crippen LogP contribution in [-0.4, -0.2) is 33.7 Å². The standard InChI is InChI=1S/C12H24O2SSi/c1-12(2,3)16(5,6)14-10-8-7-9-13-11-15-4/h9-11H2,1-6H3. The maximum atomic E-state index is 5.90. The minimum Gasteiger partial charge on any atom is -0.406 e. The van der Waals surface area contributed by atoms with Crippen LogP contribution in [0.5, 0.6) is 0 Å². The second-order valence-electron chi connectivity index (χ2n) is 5.16. The molecule has 0 unspecified atom stereocenters. The summed E-state index contributed by atoms with van der Waals surface area (Å²) in [7, 11) is -1.63. The summed E-state index contributed by atoms with van der Waals surface area (Å²) in [6.45, 7) is 12.2. The lowest BCUT2D eigenvalue weighted by Crippen LogP contribution is -2.40. The molecule has 2 nitrogen and oxygen atoms in total. The van der Waals surface area contributed by atoms with Crippen molar-refractivity contribution in [2.75, 3.05) is 25.4 Å². The average Bonchev–Trinajstić information content (AvgIpc) is 2.14. The Bertz CT molecular complexity index is 248. The number of hydrogen-bond acceptors (Lipinski definition) is 3. The third-order valence-electron chi connectivity index (χ3n) is 2.81. The van der Waals surface area contributed by atoms with Crippen molar-refractivity contribution in [3.05, 3.63) is 0 Å². The lowest BCUT2D eigenvalue weighted by Gasteiger charge is -2.35. The predicted octanol–water partition coefficient (Wildman–Crippen LogP) is 3.35. The largest absolute Gasteiger partial charge is 0.406 e. The van der Waals surface area contributed by atoms with Crippen LogP contribution in [0.25, 0.3) is 0 Å². The minimum absolute atomic E-state index is 0.254. The van der Waals surface area contributed by atoms with Crippen molar-refractivity contribution in [2.45, 2.75) is 38.9 Å². The molecule has 0 N–H and O–H groups in total. The van der Waals surface area contributed by atoms with Gasteiger partial charge >= 0.3 is 0 Å². The number of thioether (sulfide) groups is 1. The van der Waals surface area contributed by atoms with Gasteiger partial charge in [-0.05, 0) is 24.4 Å². The van der Waals surface area contributed by atoms with Gasteiger partial charge in [0.2, 0.25) is 0 Å². The van der Waals surface area contributed by atoms with Gasteiger partial charge in [0.25, 0.3) is 0 Å². The van der Waals surface area contributed by atoms with E-state index in [9.17, 15) is 0 Å². The summed E-state index contributed by atoms with van der Waals surface area (Å²) in [5, 5.41) is 0.254. The lowest BCUT2D eigenvalue weighted by molar-refractivity contribution is 0.222. The Morgan fingerprint density at radius 1 is 1.12 bits per heavy atom. The Labute approximate surface area is 106 Å². The van der Waals surface area contributed by atoms with Crippen molar-refractivity contribution in [1.29, 1.82) is 0 Å². The molecule has 0 heterocycles. The first-order valence-electron chi connectivity index (χ1n) is 5.47.